The van der Waals surface area contributed by atoms with Crippen LogP contribution in [0.4, 0.5) is 24.5 Å². The number of ketones is 3. The highest BCUT2D eigenvalue weighted by Crippen LogP contribution is 2.45. The van der Waals surface area contributed by atoms with Crippen molar-refractivity contribution in [3.05, 3.63) is 114 Å². The molecule has 3 aliphatic carbocycles. The smallest absolute Gasteiger partial charge is 0.294 e. The van der Waals surface area contributed by atoms with Crippen molar-refractivity contribution in [2.24, 2.45) is 0 Å². The zero-order chi connectivity index (χ0) is 33.8. The number of carbonyl (C=O) groups is 3. The molecule has 0 aliphatic heterocycles. The Morgan fingerprint density at radius 2 is 1.02 bits per heavy atom. The molecule has 0 fully saturated rings. The number of nitro benzene ring substituents is 2. The second-order valence-electron chi connectivity index (χ2n) is 13.3. The summed E-state index contributed by atoms with van der Waals surface area (Å²) in [4.78, 5) is 54.7. The van der Waals surface area contributed by atoms with E-state index in [1.165, 1.54) is 12.1 Å². The first-order valence-electron chi connectivity index (χ1n) is 14.0. The first-order chi connectivity index (χ1) is 20.7. The summed E-state index contributed by atoms with van der Waals surface area (Å²) in [6.07, 6.45) is 0.730. The number of Topliss-reactive ketones (excluding diaryl/α,β-unsaturated/α-hetero) is 3. The lowest BCUT2D eigenvalue weighted by atomic mass is 9.85. The molecule has 0 aromatic heterocycles. The van der Waals surface area contributed by atoms with Crippen LogP contribution in [-0.4, -0.2) is 27.2 Å². The fourth-order valence-electron chi connectivity index (χ4n) is 6.34. The van der Waals surface area contributed by atoms with Crippen LogP contribution in [0.15, 0.2) is 42.5 Å². The standard InChI is InChI=1S/2C11H10FNO3.C11H11FO.CH4/c1-11(2)5-8(14)9-6(12)3-4-7(10(9)11)13(15)16;1-11(2)5-8(14)9-6(11)3-4-7(10(9)12)13(15)16;1-11(2)6-9(13)10-7(11)4-3-5-8(10)12;/h2*3-4H,5H2,1-2H3;3-5H,6H2,1-2H3;1H4. The lowest BCUT2D eigenvalue weighted by Crippen LogP contribution is -2.14. The Labute approximate surface area is 264 Å². The van der Waals surface area contributed by atoms with Gasteiger partial charge in [-0.2, -0.15) is 4.39 Å². The van der Waals surface area contributed by atoms with E-state index < -0.39 is 38.0 Å². The molecule has 46 heavy (non-hydrogen) atoms. The number of nitrogens with zero attached hydrogens (tertiary/aromatic N) is 2. The Balaban J connectivity index is 0.000000187. The van der Waals surface area contributed by atoms with Crippen molar-refractivity contribution in [3.8, 4) is 0 Å². The summed E-state index contributed by atoms with van der Waals surface area (Å²) in [6, 6.07) is 9.54. The average Bonchev–Trinajstić information content (AvgIpc) is 3.41. The summed E-state index contributed by atoms with van der Waals surface area (Å²) < 4.78 is 40.5. The highest BCUT2D eigenvalue weighted by Gasteiger charge is 2.44. The van der Waals surface area contributed by atoms with Crippen LogP contribution >= 0.6 is 0 Å². The zero-order valence-corrected chi connectivity index (χ0v) is 25.5. The molecular weight excluding hydrogens is 605 g/mol. The first kappa shape index (κ1) is 35.7. The van der Waals surface area contributed by atoms with Gasteiger partial charge in [0.1, 0.15) is 11.6 Å². The monoisotopic (exact) mass is 640 g/mol. The van der Waals surface area contributed by atoms with Crippen LogP contribution in [0.5, 0.6) is 0 Å². The van der Waals surface area contributed by atoms with Gasteiger partial charge in [0.15, 0.2) is 17.3 Å². The van der Waals surface area contributed by atoms with Gasteiger partial charge in [0.05, 0.1) is 26.5 Å². The molecule has 0 spiro atoms. The van der Waals surface area contributed by atoms with Crippen molar-refractivity contribution in [2.45, 2.75) is 84.5 Å². The van der Waals surface area contributed by atoms with E-state index in [-0.39, 0.29) is 71.2 Å². The van der Waals surface area contributed by atoms with E-state index in [4.69, 9.17) is 0 Å². The number of nitro groups is 2. The molecule has 0 saturated carbocycles. The lowest BCUT2D eigenvalue weighted by molar-refractivity contribution is -0.387. The fourth-order valence-corrected chi connectivity index (χ4v) is 6.34. The molecule has 9 nitrogen and oxygen atoms in total. The van der Waals surface area contributed by atoms with Gasteiger partial charge < -0.3 is 0 Å². The molecule has 0 heterocycles. The van der Waals surface area contributed by atoms with Crippen molar-refractivity contribution >= 4 is 28.7 Å². The van der Waals surface area contributed by atoms with Crippen molar-refractivity contribution in [3.63, 3.8) is 0 Å². The molecule has 3 aromatic rings. The topological polar surface area (TPSA) is 137 Å². The molecule has 3 aliphatic rings. The minimum Gasteiger partial charge on any atom is -0.294 e. The summed E-state index contributed by atoms with van der Waals surface area (Å²) in [7, 11) is 0. The maximum atomic E-state index is 13.8. The fraction of sp³-hybridized carbons (Fsp3) is 0.382. The Bertz CT molecular complexity index is 1810. The van der Waals surface area contributed by atoms with Crippen molar-refractivity contribution in [1.29, 1.82) is 0 Å². The third-order valence-electron chi connectivity index (χ3n) is 8.44. The Morgan fingerprint density at radius 3 is 1.54 bits per heavy atom. The number of hydrogen-bond donors (Lipinski definition) is 0. The summed E-state index contributed by atoms with van der Waals surface area (Å²) in [6.45, 7) is 11.0. The van der Waals surface area contributed by atoms with Crippen LogP contribution < -0.4 is 0 Å². The van der Waals surface area contributed by atoms with E-state index in [1.807, 2.05) is 33.8 Å². The van der Waals surface area contributed by atoms with Crippen LogP contribution in [0.2, 0.25) is 0 Å². The number of hydrogen-bond acceptors (Lipinski definition) is 7. The van der Waals surface area contributed by atoms with Gasteiger partial charge >= 0.3 is 5.69 Å². The predicted octanol–water partition coefficient (Wildman–Crippen LogP) is 8.52. The van der Waals surface area contributed by atoms with Crippen molar-refractivity contribution in [2.75, 3.05) is 0 Å². The quantitative estimate of drug-likeness (QED) is 0.202. The second kappa shape index (κ2) is 12.2. The molecule has 0 bridgehead atoms. The van der Waals surface area contributed by atoms with Gasteiger partial charge in [-0.1, -0.05) is 67.2 Å². The summed E-state index contributed by atoms with van der Waals surface area (Å²) in [5.41, 5.74) is -0.420. The van der Waals surface area contributed by atoms with Crippen LogP contribution in [0, 0.1) is 37.7 Å². The molecule has 0 N–H and O–H groups in total. The maximum Gasteiger partial charge on any atom is 0.305 e. The molecule has 0 atom stereocenters. The van der Waals surface area contributed by atoms with Crippen LogP contribution in [-0.2, 0) is 16.2 Å². The van der Waals surface area contributed by atoms with Gasteiger partial charge in [-0.15, -0.1) is 0 Å². The average molecular weight is 641 g/mol. The predicted molar refractivity (Wildman–Crippen MR) is 165 cm³/mol. The largest absolute Gasteiger partial charge is 0.305 e. The molecule has 12 heteroatoms. The molecule has 244 valence electrons. The van der Waals surface area contributed by atoms with Crippen molar-refractivity contribution in [1.82, 2.24) is 0 Å². The van der Waals surface area contributed by atoms with Crippen molar-refractivity contribution < 1.29 is 37.4 Å². The number of carbonyl (C=O) groups excluding carboxylic acids is 3. The minimum absolute atomic E-state index is 0. The van der Waals surface area contributed by atoms with E-state index >= 15 is 0 Å². The van der Waals surface area contributed by atoms with E-state index in [9.17, 15) is 47.8 Å². The summed E-state index contributed by atoms with van der Waals surface area (Å²) in [5.74, 6) is -2.84. The molecule has 0 saturated heterocycles. The van der Waals surface area contributed by atoms with Gasteiger partial charge in [0.25, 0.3) is 5.69 Å². The molecule has 0 radical (unpaired) electrons. The SMILES string of the molecule is C.CC1(C)CC(=O)c2c(F)ccc([N+](=O)[O-])c21.CC1(C)CC(=O)c2c(F)cccc21.CC1(C)CC(=O)c2c1ccc([N+](=O)[O-])c2F. The Morgan fingerprint density at radius 1 is 0.587 bits per heavy atom. The van der Waals surface area contributed by atoms with E-state index in [0.29, 0.717) is 17.5 Å². The minimum atomic E-state index is -1.00. The number of halogens is 3. The molecule has 0 amide bonds. The number of benzene rings is 3. The van der Waals surface area contributed by atoms with E-state index in [1.54, 1.807) is 19.9 Å². The first-order valence-corrected chi connectivity index (χ1v) is 14.0. The van der Waals surface area contributed by atoms with Crippen LogP contribution in [0.1, 0.15) is 116 Å². The third-order valence-corrected chi connectivity index (χ3v) is 8.44. The summed E-state index contributed by atoms with van der Waals surface area (Å²) >= 11 is 0. The zero-order valence-electron chi connectivity index (χ0n) is 25.5. The van der Waals surface area contributed by atoms with Gasteiger partial charge in [0.2, 0.25) is 5.82 Å². The second-order valence-corrected chi connectivity index (χ2v) is 13.3. The van der Waals surface area contributed by atoms with E-state index in [0.717, 1.165) is 23.8 Å². The maximum absolute atomic E-state index is 13.8. The normalized spacial score (nSPS) is 17.4. The van der Waals surface area contributed by atoms with Gasteiger partial charge in [0, 0.05) is 42.4 Å². The molecule has 0 unspecified atom stereocenters. The molecule has 6 rings (SSSR count). The molecule has 3 aromatic carbocycles. The van der Waals surface area contributed by atoms with Gasteiger partial charge in [-0.05, 0) is 34.1 Å². The summed E-state index contributed by atoms with van der Waals surface area (Å²) in [5, 5.41) is 21.4. The molecular formula is C34H35F3N2O7. The third kappa shape index (κ3) is 6.20. The van der Waals surface area contributed by atoms with Gasteiger partial charge in [-0.25, -0.2) is 8.78 Å². The Kier molecular flexibility index (Phi) is 9.49. The number of rotatable bonds is 2. The van der Waals surface area contributed by atoms with Crippen LogP contribution in [0.3, 0.4) is 0 Å². The highest BCUT2D eigenvalue weighted by molar-refractivity contribution is 6.04. The highest BCUT2D eigenvalue weighted by atomic mass is 19.1. The van der Waals surface area contributed by atoms with E-state index in [2.05, 4.69) is 0 Å². The van der Waals surface area contributed by atoms with Crippen LogP contribution in [0.25, 0.3) is 0 Å². The lowest BCUT2D eigenvalue weighted by Gasteiger charge is -2.17. The number of fused-ring (bicyclic) bond motifs is 3. The van der Waals surface area contributed by atoms with Gasteiger partial charge in [-0.3, -0.25) is 34.6 Å². The Hall–Kier alpha value is -4.74.